The van der Waals surface area contributed by atoms with Crippen molar-refractivity contribution in [3.8, 4) is 0 Å². The van der Waals surface area contributed by atoms with E-state index in [9.17, 15) is 22.8 Å². The lowest BCUT2D eigenvalue weighted by Crippen LogP contribution is -2.61. The van der Waals surface area contributed by atoms with E-state index in [4.69, 9.17) is 0 Å². The number of rotatable bonds is 3. The molecule has 0 unspecified atom stereocenters. The molecule has 1 N–H and O–H groups in total. The molecule has 0 saturated heterocycles. The van der Waals surface area contributed by atoms with Crippen LogP contribution in [0.3, 0.4) is 0 Å². The van der Waals surface area contributed by atoms with Gasteiger partial charge in [-0.1, -0.05) is 15.9 Å². The lowest BCUT2D eigenvalue weighted by molar-refractivity contribution is -0.177. The van der Waals surface area contributed by atoms with E-state index in [1.54, 1.807) is 5.32 Å². The summed E-state index contributed by atoms with van der Waals surface area (Å²) in [6.45, 7) is 0. The molecule has 0 atom stereocenters. The van der Waals surface area contributed by atoms with Crippen molar-refractivity contribution < 1.29 is 22.8 Å². The first-order chi connectivity index (χ1) is 6.82. The Morgan fingerprint density at radius 3 is 2.13 bits per heavy atom. The summed E-state index contributed by atoms with van der Waals surface area (Å²) < 4.78 is 35.9. The van der Waals surface area contributed by atoms with E-state index in [2.05, 4.69) is 15.9 Å². The van der Waals surface area contributed by atoms with Crippen molar-refractivity contribution in [2.75, 3.05) is 5.33 Å². The average Bonchev–Trinajstić information content (AvgIpc) is 2.08. The van der Waals surface area contributed by atoms with Crippen molar-refractivity contribution in [3.05, 3.63) is 0 Å². The Labute approximate surface area is 92.5 Å². The van der Waals surface area contributed by atoms with Gasteiger partial charge in [0.1, 0.15) is 0 Å². The first-order valence-corrected chi connectivity index (χ1v) is 5.42. The number of halogens is 4. The van der Waals surface area contributed by atoms with E-state index >= 15 is 0 Å². The molecule has 1 saturated carbocycles. The summed E-state index contributed by atoms with van der Waals surface area (Å²) >= 11 is 2.88. The second kappa shape index (κ2) is 4.11. The number of hydrogen-bond donors (Lipinski definition) is 1. The Balaban J connectivity index is 2.70. The fourth-order valence-electron chi connectivity index (χ4n) is 1.42. The number of amides is 1. The normalized spacial score (nSPS) is 19.2. The van der Waals surface area contributed by atoms with Gasteiger partial charge in [0.2, 0.25) is 0 Å². The molecule has 1 fully saturated rings. The summed E-state index contributed by atoms with van der Waals surface area (Å²) in [7, 11) is 0. The van der Waals surface area contributed by atoms with Crippen molar-refractivity contribution >= 4 is 27.6 Å². The molecule has 7 heteroatoms. The van der Waals surface area contributed by atoms with Crippen LogP contribution in [-0.4, -0.2) is 28.7 Å². The van der Waals surface area contributed by atoms with Crippen LogP contribution in [0.1, 0.15) is 19.3 Å². The predicted molar refractivity (Wildman–Crippen MR) is 49.6 cm³/mol. The van der Waals surface area contributed by atoms with Crippen LogP contribution in [0.2, 0.25) is 0 Å². The highest BCUT2D eigenvalue weighted by atomic mass is 79.9. The first kappa shape index (κ1) is 12.5. The van der Waals surface area contributed by atoms with Gasteiger partial charge in [-0.05, 0) is 19.3 Å². The van der Waals surface area contributed by atoms with Crippen LogP contribution >= 0.6 is 15.9 Å². The zero-order chi connectivity index (χ0) is 11.7. The van der Waals surface area contributed by atoms with Crippen molar-refractivity contribution in [2.24, 2.45) is 0 Å². The maximum atomic E-state index is 12.0. The maximum absolute atomic E-state index is 12.0. The monoisotopic (exact) mass is 287 g/mol. The van der Waals surface area contributed by atoms with E-state index in [1.807, 2.05) is 0 Å². The van der Waals surface area contributed by atoms with Gasteiger partial charge in [0.15, 0.2) is 5.78 Å². The lowest BCUT2D eigenvalue weighted by atomic mass is 9.74. The number of hydrogen-bond acceptors (Lipinski definition) is 2. The lowest BCUT2D eigenvalue weighted by Gasteiger charge is -2.40. The third-order valence-corrected chi connectivity index (χ3v) is 2.98. The standard InChI is InChI=1S/C8H9BrF3NO2/c9-4-5(14)7(2-1-3-7)13-6(15)8(10,11)12/h1-4H2,(H,13,15). The van der Waals surface area contributed by atoms with E-state index in [1.165, 1.54) is 0 Å². The molecule has 0 heterocycles. The Kier molecular flexibility index (Phi) is 3.42. The zero-order valence-corrected chi connectivity index (χ0v) is 9.24. The van der Waals surface area contributed by atoms with Gasteiger partial charge >= 0.3 is 12.1 Å². The maximum Gasteiger partial charge on any atom is 0.471 e. The molecule has 86 valence electrons. The molecule has 1 rings (SSSR count). The molecule has 0 aromatic carbocycles. The van der Waals surface area contributed by atoms with Gasteiger partial charge in [-0.3, -0.25) is 9.59 Å². The number of Topliss-reactive ketones (excluding diaryl/α,β-unsaturated/α-hetero) is 1. The molecule has 1 aliphatic rings. The fourth-order valence-corrected chi connectivity index (χ4v) is 1.96. The van der Waals surface area contributed by atoms with Gasteiger partial charge in [-0.2, -0.15) is 13.2 Å². The molecule has 3 nitrogen and oxygen atoms in total. The zero-order valence-electron chi connectivity index (χ0n) is 7.66. The topological polar surface area (TPSA) is 46.2 Å². The van der Waals surface area contributed by atoms with Gasteiger partial charge < -0.3 is 5.32 Å². The van der Waals surface area contributed by atoms with Gasteiger partial charge in [-0.15, -0.1) is 0 Å². The highest BCUT2D eigenvalue weighted by Crippen LogP contribution is 2.34. The molecule has 0 spiro atoms. The highest BCUT2D eigenvalue weighted by molar-refractivity contribution is 9.09. The second-order valence-electron chi connectivity index (χ2n) is 3.44. The SMILES string of the molecule is O=C(NC1(C(=O)CBr)CCC1)C(F)(F)F. The van der Waals surface area contributed by atoms with E-state index in [-0.39, 0.29) is 18.2 Å². The quantitative estimate of drug-likeness (QED) is 0.801. The molecule has 0 aliphatic heterocycles. The highest BCUT2D eigenvalue weighted by Gasteiger charge is 2.49. The largest absolute Gasteiger partial charge is 0.471 e. The summed E-state index contributed by atoms with van der Waals surface area (Å²) in [5, 5.41) is 1.73. The average molecular weight is 288 g/mol. The minimum atomic E-state index is -4.94. The summed E-state index contributed by atoms with van der Waals surface area (Å²) in [6.07, 6.45) is -3.73. The molecule has 1 amide bonds. The summed E-state index contributed by atoms with van der Waals surface area (Å²) in [4.78, 5) is 22.0. The Morgan fingerprint density at radius 2 is 1.87 bits per heavy atom. The first-order valence-electron chi connectivity index (χ1n) is 4.30. The molecular formula is C8H9BrF3NO2. The van der Waals surface area contributed by atoms with Crippen LogP contribution in [0.5, 0.6) is 0 Å². The second-order valence-corrected chi connectivity index (χ2v) is 4.01. The number of carbonyl (C=O) groups excluding carboxylic acids is 2. The number of alkyl halides is 4. The Hall–Kier alpha value is -0.590. The molecule has 1 aliphatic carbocycles. The molecule has 0 radical (unpaired) electrons. The molecule has 0 aromatic rings. The van der Waals surface area contributed by atoms with Crippen molar-refractivity contribution in [1.29, 1.82) is 0 Å². The van der Waals surface area contributed by atoms with Crippen LogP contribution in [0, 0.1) is 0 Å². The molecule has 0 aromatic heterocycles. The smallest absolute Gasteiger partial charge is 0.336 e. The molecular weight excluding hydrogens is 279 g/mol. The molecule has 15 heavy (non-hydrogen) atoms. The number of nitrogens with one attached hydrogen (secondary N) is 1. The van der Waals surface area contributed by atoms with Crippen LogP contribution in [0.4, 0.5) is 13.2 Å². The van der Waals surface area contributed by atoms with E-state index in [0.29, 0.717) is 6.42 Å². The summed E-state index contributed by atoms with van der Waals surface area (Å²) in [6, 6.07) is 0. The summed E-state index contributed by atoms with van der Waals surface area (Å²) in [5.41, 5.74) is -1.30. The van der Waals surface area contributed by atoms with Gasteiger partial charge in [-0.25, -0.2) is 0 Å². The summed E-state index contributed by atoms with van der Waals surface area (Å²) in [5.74, 6) is -2.46. The van der Waals surface area contributed by atoms with E-state index < -0.39 is 23.4 Å². The molecule has 0 bridgehead atoms. The van der Waals surface area contributed by atoms with Gasteiger partial charge in [0.25, 0.3) is 0 Å². The van der Waals surface area contributed by atoms with Crippen molar-refractivity contribution in [3.63, 3.8) is 0 Å². The Morgan fingerprint density at radius 1 is 1.33 bits per heavy atom. The third-order valence-electron chi connectivity index (χ3n) is 2.47. The van der Waals surface area contributed by atoms with Gasteiger partial charge in [0, 0.05) is 0 Å². The van der Waals surface area contributed by atoms with Gasteiger partial charge in [0.05, 0.1) is 10.9 Å². The fraction of sp³-hybridized carbons (Fsp3) is 0.750. The third kappa shape index (κ3) is 2.50. The minimum absolute atomic E-state index is 0.0505. The van der Waals surface area contributed by atoms with Crippen LogP contribution in [0.25, 0.3) is 0 Å². The van der Waals surface area contributed by atoms with Crippen LogP contribution in [-0.2, 0) is 9.59 Å². The number of ketones is 1. The van der Waals surface area contributed by atoms with Crippen molar-refractivity contribution in [1.82, 2.24) is 5.32 Å². The van der Waals surface area contributed by atoms with Crippen LogP contribution < -0.4 is 5.32 Å². The van der Waals surface area contributed by atoms with Crippen LogP contribution in [0.15, 0.2) is 0 Å². The van der Waals surface area contributed by atoms with Crippen molar-refractivity contribution in [2.45, 2.75) is 31.0 Å². The minimum Gasteiger partial charge on any atom is -0.336 e. The predicted octanol–water partition coefficient (Wildman–Crippen LogP) is 1.55. The number of carbonyl (C=O) groups is 2. The van der Waals surface area contributed by atoms with E-state index in [0.717, 1.165) is 0 Å². The Bertz CT molecular complexity index is 286.